The number of esters is 2. The summed E-state index contributed by atoms with van der Waals surface area (Å²) in [5.74, 6) is -2.32. The number of amides is 1. The number of hydrogen-bond donors (Lipinski definition) is 4. The molecule has 2 unspecified atom stereocenters. The summed E-state index contributed by atoms with van der Waals surface area (Å²) in [5.41, 5.74) is 6.18. The summed E-state index contributed by atoms with van der Waals surface area (Å²) in [7, 11) is -4.60. The maximum atomic E-state index is 12.8. The van der Waals surface area contributed by atoms with Crippen LogP contribution < -0.4 is 11.1 Å². The molecule has 0 radical (unpaired) electrons. The Bertz CT molecular complexity index is 1380. The van der Waals surface area contributed by atoms with E-state index in [9.17, 15) is 28.6 Å². The van der Waals surface area contributed by atoms with Gasteiger partial charge in [-0.05, 0) is 32.1 Å². The van der Waals surface area contributed by atoms with Crippen molar-refractivity contribution in [2.75, 3.05) is 26.4 Å². The lowest BCUT2D eigenvalue weighted by Gasteiger charge is -2.20. The number of aliphatic carboxylic acids is 1. The highest BCUT2D eigenvalue weighted by atomic mass is 31.2. The molecule has 0 aromatic carbocycles. The van der Waals surface area contributed by atoms with Gasteiger partial charge in [0.25, 0.3) is 0 Å². The zero-order valence-electron chi connectivity index (χ0n) is 39.8. The first kappa shape index (κ1) is 59.1. The molecule has 372 valence electrons. The molecule has 3 atom stereocenters. The number of nitrogens with zero attached hydrogens (tertiary/aromatic N) is 3. The average Bonchev–Trinajstić information content (AvgIpc) is 3.72. The molecule has 0 saturated heterocycles. The average molecular weight is 930 g/mol. The van der Waals surface area contributed by atoms with Crippen molar-refractivity contribution in [3.05, 3.63) is 11.9 Å². The number of nitrogens with one attached hydrogen (secondary N) is 1. The molecule has 0 aliphatic carbocycles. The van der Waals surface area contributed by atoms with Gasteiger partial charge in [0.1, 0.15) is 12.6 Å². The van der Waals surface area contributed by atoms with Crippen LogP contribution in [-0.2, 0) is 55.2 Å². The number of aryl methyl sites for hydroxylation is 1. The van der Waals surface area contributed by atoms with E-state index in [0.29, 0.717) is 37.8 Å². The van der Waals surface area contributed by atoms with E-state index in [2.05, 4.69) is 29.5 Å². The minimum absolute atomic E-state index is 0.00122. The van der Waals surface area contributed by atoms with Crippen LogP contribution in [0.15, 0.2) is 6.20 Å². The minimum Gasteiger partial charge on any atom is -0.480 e. The Morgan fingerprint density at radius 2 is 1.14 bits per heavy atom. The van der Waals surface area contributed by atoms with Crippen molar-refractivity contribution in [1.29, 1.82) is 0 Å². The van der Waals surface area contributed by atoms with Gasteiger partial charge in [-0.3, -0.25) is 32.9 Å². The monoisotopic (exact) mass is 930 g/mol. The number of carboxylic acid groups (broad SMARTS) is 1. The number of phosphoric acid groups is 1. The highest BCUT2D eigenvalue weighted by Gasteiger charge is 2.26. The molecule has 0 aliphatic rings. The molecule has 1 aromatic heterocycles. The molecule has 1 amide bonds. The quantitative estimate of drug-likeness (QED) is 0.0271. The fraction of sp³-hybridized carbons (Fsp3) is 0.872. The first-order valence-electron chi connectivity index (χ1n) is 25.1. The zero-order valence-corrected chi connectivity index (χ0v) is 40.7. The summed E-state index contributed by atoms with van der Waals surface area (Å²) in [6, 6.07) is -1.08. The van der Waals surface area contributed by atoms with Gasteiger partial charge in [-0.1, -0.05) is 173 Å². The van der Waals surface area contributed by atoms with Crippen molar-refractivity contribution in [2.24, 2.45) is 5.73 Å². The second-order valence-corrected chi connectivity index (χ2v) is 18.8. The van der Waals surface area contributed by atoms with E-state index in [-0.39, 0.29) is 51.5 Å². The standard InChI is InChI=1S/C47H88N5O11P/c1-3-5-7-9-11-13-15-17-19-21-23-25-27-33-45(54)60-39-42(63-46(55)34-28-26-24-22-20-18-16-14-12-10-8-6-4-2)40-62-64(58,59)61-36-35-49-44(53)32-30-29-31-41-37-52(51-50-41)38-43(48)47(56)57/h37,42-43H,3-36,38-40,48H2,1-2H3,(H,49,53)(H,56,57)(H,58,59)/t42?,43-/m0/s1. The first-order chi connectivity index (χ1) is 31.0. The number of nitrogens with two attached hydrogens (primary N) is 1. The smallest absolute Gasteiger partial charge is 0.472 e. The van der Waals surface area contributed by atoms with E-state index >= 15 is 0 Å². The molecule has 16 nitrogen and oxygen atoms in total. The molecule has 64 heavy (non-hydrogen) atoms. The van der Waals surface area contributed by atoms with Crippen LogP contribution in [0.1, 0.15) is 219 Å². The van der Waals surface area contributed by atoms with Crippen LogP contribution in [0.2, 0.25) is 0 Å². The van der Waals surface area contributed by atoms with Gasteiger partial charge in [0.15, 0.2) is 6.10 Å². The van der Waals surface area contributed by atoms with Crippen molar-refractivity contribution in [1.82, 2.24) is 20.3 Å². The largest absolute Gasteiger partial charge is 0.480 e. The third-order valence-corrected chi connectivity index (χ3v) is 12.2. The van der Waals surface area contributed by atoms with Gasteiger partial charge in [-0.15, -0.1) is 5.10 Å². The third kappa shape index (κ3) is 36.3. The van der Waals surface area contributed by atoms with Crippen LogP contribution in [0.5, 0.6) is 0 Å². The Balaban J connectivity index is 2.40. The van der Waals surface area contributed by atoms with Crippen molar-refractivity contribution in [3.63, 3.8) is 0 Å². The van der Waals surface area contributed by atoms with E-state index in [0.717, 1.165) is 38.5 Å². The maximum Gasteiger partial charge on any atom is 0.472 e. The summed E-state index contributed by atoms with van der Waals surface area (Å²) in [5, 5.41) is 19.4. The lowest BCUT2D eigenvalue weighted by atomic mass is 10.0. The Labute approximate surface area is 385 Å². The molecule has 0 bridgehead atoms. The summed E-state index contributed by atoms with van der Waals surface area (Å²) in [4.78, 5) is 58.9. The van der Waals surface area contributed by atoms with Crippen LogP contribution >= 0.6 is 7.82 Å². The van der Waals surface area contributed by atoms with Gasteiger partial charge < -0.3 is 30.5 Å². The minimum atomic E-state index is -4.60. The number of carbonyl (C=O) groups excluding carboxylic acids is 3. The van der Waals surface area contributed by atoms with E-state index < -0.39 is 44.5 Å². The van der Waals surface area contributed by atoms with Crippen LogP contribution in [-0.4, -0.2) is 87.3 Å². The van der Waals surface area contributed by atoms with Crippen molar-refractivity contribution in [3.8, 4) is 0 Å². The normalized spacial score (nSPS) is 13.3. The lowest BCUT2D eigenvalue weighted by Crippen LogP contribution is -2.34. The molecular formula is C47H88N5O11P. The van der Waals surface area contributed by atoms with Gasteiger partial charge in [0, 0.05) is 32.0 Å². The maximum absolute atomic E-state index is 12.8. The zero-order chi connectivity index (χ0) is 46.9. The van der Waals surface area contributed by atoms with Gasteiger partial charge >= 0.3 is 25.7 Å². The van der Waals surface area contributed by atoms with Crippen molar-refractivity contribution < 1.29 is 52.3 Å². The molecule has 0 saturated carbocycles. The fourth-order valence-corrected chi connectivity index (χ4v) is 8.01. The van der Waals surface area contributed by atoms with Crippen molar-refractivity contribution in [2.45, 2.75) is 238 Å². The molecule has 0 fully saturated rings. The van der Waals surface area contributed by atoms with Crippen LogP contribution in [0.4, 0.5) is 0 Å². The number of rotatable bonds is 46. The first-order valence-corrected chi connectivity index (χ1v) is 26.6. The van der Waals surface area contributed by atoms with Crippen LogP contribution in [0.25, 0.3) is 0 Å². The Hall–Kier alpha value is -2.91. The molecular weight excluding hydrogens is 842 g/mol. The predicted molar refractivity (Wildman–Crippen MR) is 249 cm³/mol. The highest BCUT2D eigenvalue weighted by Crippen LogP contribution is 2.43. The fourth-order valence-electron chi connectivity index (χ4n) is 7.26. The lowest BCUT2D eigenvalue weighted by molar-refractivity contribution is -0.161. The SMILES string of the molecule is CCCCCCCCCCCCCCCC(=O)OCC(COP(=O)(O)OCCNC(=O)CCCCc1cn(C[C@H](N)C(=O)O)nn1)OC(=O)CCCCCCCCCCCCCCC. The third-order valence-electron chi connectivity index (χ3n) is 11.2. The Kier molecular flexibility index (Phi) is 37.3. The van der Waals surface area contributed by atoms with Gasteiger partial charge in [-0.25, -0.2) is 4.57 Å². The molecule has 1 aromatic rings. The Morgan fingerprint density at radius 3 is 1.64 bits per heavy atom. The summed E-state index contributed by atoms with van der Waals surface area (Å²) < 4.78 is 35.2. The molecule has 5 N–H and O–H groups in total. The van der Waals surface area contributed by atoms with Crippen molar-refractivity contribution >= 4 is 31.6 Å². The molecule has 17 heteroatoms. The number of phosphoric ester groups is 1. The van der Waals surface area contributed by atoms with Gasteiger partial charge in [0.05, 0.1) is 25.5 Å². The highest BCUT2D eigenvalue weighted by molar-refractivity contribution is 7.47. The second-order valence-electron chi connectivity index (χ2n) is 17.3. The van der Waals surface area contributed by atoms with E-state index in [1.54, 1.807) is 6.20 Å². The predicted octanol–water partition coefficient (Wildman–Crippen LogP) is 10.1. The molecule has 1 heterocycles. The molecule has 1 rings (SSSR count). The van der Waals surface area contributed by atoms with Crippen LogP contribution in [0.3, 0.4) is 0 Å². The summed E-state index contributed by atoms with van der Waals surface area (Å²) >= 11 is 0. The number of unbranched alkanes of at least 4 members (excludes halogenated alkanes) is 25. The van der Waals surface area contributed by atoms with E-state index in [4.69, 9.17) is 29.4 Å². The Morgan fingerprint density at radius 1 is 0.672 bits per heavy atom. The number of carbonyl (C=O) groups is 4. The van der Waals surface area contributed by atoms with Crippen LogP contribution in [0, 0.1) is 0 Å². The van der Waals surface area contributed by atoms with Gasteiger partial charge in [0.2, 0.25) is 5.91 Å². The second kappa shape index (κ2) is 40.4. The molecule has 0 aliphatic heterocycles. The number of aromatic nitrogens is 3. The summed E-state index contributed by atoms with van der Waals surface area (Å²) in [6.07, 6.45) is 33.8. The number of hydrogen-bond acceptors (Lipinski definition) is 12. The van der Waals surface area contributed by atoms with E-state index in [1.165, 1.54) is 120 Å². The topological polar surface area (TPSA) is 231 Å². The number of carboxylic acids is 1. The van der Waals surface area contributed by atoms with Gasteiger partial charge in [-0.2, -0.15) is 0 Å². The molecule has 0 spiro atoms. The van der Waals surface area contributed by atoms with E-state index in [1.807, 2.05) is 0 Å². The summed E-state index contributed by atoms with van der Waals surface area (Å²) in [6.45, 7) is 3.30. The number of ether oxygens (including phenoxy) is 2.